The molecule has 0 spiro atoms. The van der Waals surface area contributed by atoms with Gasteiger partial charge in [-0.2, -0.15) is 0 Å². The van der Waals surface area contributed by atoms with Crippen LogP contribution in [0.15, 0.2) is 24.5 Å². The molecule has 1 N–H and O–H groups in total. The molecule has 1 saturated carbocycles. The smallest absolute Gasteiger partial charge is 0.220 e. The van der Waals surface area contributed by atoms with Gasteiger partial charge in [0.25, 0.3) is 0 Å². The summed E-state index contributed by atoms with van der Waals surface area (Å²) in [6, 6.07) is 4.10. The molecule has 3 rings (SSSR count). The van der Waals surface area contributed by atoms with Gasteiger partial charge in [0.05, 0.1) is 6.04 Å². The molecule has 1 aliphatic heterocycles. The Kier molecular flexibility index (Phi) is 6.65. The molecule has 1 amide bonds. The fourth-order valence-electron chi connectivity index (χ4n) is 4.14. The van der Waals surface area contributed by atoms with Gasteiger partial charge >= 0.3 is 0 Å². The van der Waals surface area contributed by atoms with E-state index in [0.717, 1.165) is 44.0 Å². The molecule has 1 unspecified atom stereocenters. The van der Waals surface area contributed by atoms with Crippen molar-refractivity contribution >= 4 is 5.91 Å². The third-order valence-electron chi connectivity index (χ3n) is 5.60. The highest BCUT2D eigenvalue weighted by Crippen LogP contribution is 2.31. The third-order valence-corrected chi connectivity index (χ3v) is 5.60. The van der Waals surface area contributed by atoms with Crippen molar-refractivity contribution in [2.24, 2.45) is 11.8 Å². The number of aromatic nitrogens is 1. The average molecular weight is 330 g/mol. The molecule has 0 radical (unpaired) electrons. The van der Waals surface area contributed by atoms with Crippen molar-refractivity contribution < 1.29 is 9.53 Å². The molecule has 2 fully saturated rings. The van der Waals surface area contributed by atoms with Crippen molar-refractivity contribution in [3.05, 3.63) is 30.1 Å². The summed E-state index contributed by atoms with van der Waals surface area (Å²) >= 11 is 0. The van der Waals surface area contributed by atoms with Crippen molar-refractivity contribution in [2.75, 3.05) is 13.2 Å². The van der Waals surface area contributed by atoms with E-state index in [2.05, 4.69) is 16.4 Å². The van der Waals surface area contributed by atoms with Crippen LogP contribution in [0, 0.1) is 11.8 Å². The van der Waals surface area contributed by atoms with Crippen molar-refractivity contribution in [3.8, 4) is 0 Å². The number of nitrogens with zero attached hydrogens (tertiary/aromatic N) is 1. The van der Waals surface area contributed by atoms with E-state index < -0.39 is 0 Å². The van der Waals surface area contributed by atoms with E-state index >= 15 is 0 Å². The Hall–Kier alpha value is -1.42. The Morgan fingerprint density at radius 2 is 2.00 bits per heavy atom. The maximum Gasteiger partial charge on any atom is 0.220 e. The van der Waals surface area contributed by atoms with Gasteiger partial charge in [0.2, 0.25) is 5.91 Å². The topological polar surface area (TPSA) is 51.2 Å². The lowest BCUT2D eigenvalue weighted by molar-refractivity contribution is -0.122. The molecule has 4 heteroatoms. The number of rotatable bonds is 6. The minimum atomic E-state index is 0.0708. The SMILES string of the molecule is O=C(CCC1CCCCC1)NC(c1cccnc1)C1CCOCC1. The zero-order valence-corrected chi connectivity index (χ0v) is 14.6. The van der Waals surface area contributed by atoms with Crippen LogP contribution in [-0.2, 0) is 9.53 Å². The summed E-state index contributed by atoms with van der Waals surface area (Å²) in [5.41, 5.74) is 1.12. The summed E-state index contributed by atoms with van der Waals surface area (Å²) in [4.78, 5) is 16.8. The highest BCUT2D eigenvalue weighted by atomic mass is 16.5. The Labute approximate surface area is 145 Å². The molecular formula is C20H30N2O2. The molecule has 24 heavy (non-hydrogen) atoms. The number of amides is 1. The highest BCUT2D eigenvalue weighted by molar-refractivity contribution is 5.76. The van der Waals surface area contributed by atoms with Gasteiger partial charge in [0.1, 0.15) is 0 Å². The van der Waals surface area contributed by atoms with Gasteiger partial charge in [0, 0.05) is 32.0 Å². The first-order chi connectivity index (χ1) is 11.8. The van der Waals surface area contributed by atoms with Gasteiger partial charge in [-0.25, -0.2) is 0 Å². The van der Waals surface area contributed by atoms with Crippen molar-refractivity contribution in [1.29, 1.82) is 0 Å². The molecule has 2 aliphatic rings. The summed E-state index contributed by atoms with van der Waals surface area (Å²) in [6.45, 7) is 1.58. The van der Waals surface area contributed by atoms with Gasteiger partial charge in [0.15, 0.2) is 0 Å². The molecule has 1 atom stereocenters. The van der Waals surface area contributed by atoms with Crippen LogP contribution in [0.2, 0.25) is 0 Å². The Morgan fingerprint density at radius 1 is 1.21 bits per heavy atom. The van der Waals surface area contributed by atoms with Gasteiger partial charge in [-0.1, -0.05) is 38.2 Å². The zero-order valence-electron chi connectivity index (χ0n) is 14.6. The first kappa shape index (κ1) is 17.4. The first-order valence-electron chi connectivity index (χ1n) is 9.60. The second-order valence-corrected chi connectivity index (χ2v) is 7.32. The van der Waals surface area contributed by atoms with Crippen LogP contribution in [0.25, 0.3) is 0 Å². The summed E-state index contributed by atoms with van der Waals surface area (Å²) in [6.07, 6.45) is 14.0. The Bertz CT molecular complexity index is 494. The molecule has 1 aliphatic carbocycles. The fraction of sp³-hybridized carbons (Fsp3) is 0.700. The van der Waals surface area contributed by atoms with Gasteiger partial charge in [-0.3, -0.25) is 9.78 Å². The third kappa shape index (κ3) is 5.04. The summed E-state index contributed by atoms with van der Waals surface area (Å²) in [5.74, 6) is 1.40. The predicted molar refractivity (Wildman–Crippen MR) is 94.5 cm³/mol. The van der Waals surface area contributed by atoms with Crippen LogP contribution < -0.4 is 5.32 Å². The fourth-order valence-corrected chi connectivity index (χ4v) is 4.14. The van der Waals surface area contributed by atoms with Crippen LogP contribution in [-0.4, -0.2) is 24.1 Å². The lowest BCUT2D eigenvalue weighted by Gasteiger charge is -2.31. The maximum atomic E-state index is 12.5. The van der Waals surface area contributed by atoms with Crippen LogP contribution >= 0.6 is 0 Å². The highest BCUT2D eigenvalue weighted by Gasteiger charge is 2.27. The van der Waals surface area contributed by atoms with Crippen molar-refractivity contribution in [1.82, 2.24) is 10.3 Å². The number of carbonyl (C=O) groups is 1. The zero-order chi connectivity index (χ0) is 16.6. The molecule has 132 valence electrons. The molecule has 0 bridgehead atoms. The monoisotopic (exact) mass is 330 g/mol. The number of pyridine rings is 1. The molecular weight excluding hydrogens is 300 g/mol. The van der Waals surface area contributed by atoms with Crippen LogP contribution in [0.5, 0.6) is 0 Å². The normalized spacial score (nSPS) is 21.3. The number of hydrogen-bond donors (Lipinski definition) is 1. The Balaban J connectivity index is 1.57. The number of carbonyl (C=O) groups excluding carboxylic acids is 1. The second kappa shape index (κ2) is 9.16. The van der Waals surface area contributed by atoms with Crippen molar-refractivity contribution in [2.45, 2.75) is 63.8 Å². The van der Waals surface area contributed by atoms with E-state index in [4.69, 9.17) is 4.74 Å². The second-order valence-electron chi connectivity index (χ2n) is 7.32. The summed E-state index contributed by atoms with van der Waals surface area (Å²) in [5, 5.41) is 3.31. The van der Waals surface area contributed by atoms with E-state index in [0.29, 0.717) is 12.3 Å². The van der Waals surface area contributed by atoms with Gasteiger partial charge < -0.3 is 10.1 Å². The van der Waals surface area contributed by atoms with Crippen LogP contribution in [0.4, 0.5) is 0 Å². The van der Waals surface area contributed by atoms with E-state index in [1.807, 2.05) is 12.3 Å². The maximum absolute atomic E-state index is 12.5. The molecule has 1 aromatic rings. The molecule has 1 aromatic heterocycles. The number of hydrogen-bond acceptors (Lipinski definition) is 3. The van der Waals surface area contributed by atoms with Crippen LogP contribution in [0.3, 0.4) is 0 Å². The van der Waals surface area contributed by atoms with Crippen molar-refractivity contribution in [3.63, 3.8) is 0 Å². The lowest BCUT2D eigenvalue weighted by atomic mass is 9.85. The van der Waals surface area contributed by atoms with E-state index in [9.17, 15) is 4.79 Å². The minimum absolute atomic E-state index is 0.0708. The molecule has 1 saturated heterocycles. The lowest BCUT2D eigenvalue weighted by Crippen LogP contribution is -2.36. The average Bonchev–Trinajstić information content (AvgIpc) is 2.67. The number of ether oxygens (including phenoxy) is 1. The predicted octanol–water partition coefficient (Wildman–Crippen LogP) is 4.03. The quantitative estimate of drug-likeness (QED) is 0.857. The Morgan fingerprint density at radius 3 is 2.71 bits per heavy atom. The summed E-state index contributed by atoms with van der Waals surface area (Å²) in [7, 11) is 0. The van der Waals surface area contributed by atoms with E-state index in [1.54, 1.807) is 6.20 Å². The standard InChI is InChI=1S/C20H30N2O2/c23-19(9-8-16-5-2-1-3-6-16)22-20(17-10-13-24-14-11-17)18-7-4-12-21-15-18/h4,7,12,15-17,20H,1-3,5-6,8-11,13-14H2,(H,22,23). The number of nitrogens with one attached hydrogen (secondary N) is 1. The minimum Gasteiger partial charge on any atom is -0.381 e. The largest absolute Gasteiger partial charge is 0.381 e. The molecule has 0 aromatic carbocycles. The van der Waals surface area contributed by atoms with E-state index in [1.165, 1.54) is 32.1 Å². The van der Waals surface area contributed by atoms with Crippen LogP contribution in [0.1, 0.15) is 69.4 Å². The first-order valence-corrected chi connectivity index (χ1v) is 9.60. The van der Waals surface area contributed by atoms with Gasteiger partial charge in [-0.15, -0.1) is 0 Å². The summed E-state index contributed by atoms with van der Waals surface area (Å²) < 4.78 is 5.49. The molecule has 4 nitrogen and oxygen atoms in total. The van der Waals surface area contributed by atoms with Gasteiger partial charge in [-0.05, 0) is 42.7 Å². The van der Waals surface area contributed by atoms with E-state index in [-0.39, 0.29) is 11.9 Å². The molecule has 2 heterocycles.